The standard InChI is InChI=1S/C13H17N3OS2/c1-4-5-12-15-10(7-18-12)13(17)16(3)9(2)11-6-14-8-19-11/h6-9H,4-5H2,1-3H3/t9-/m1/s1. The molecular weight excluding hydrogens is 278 g/mol. The van der Waals surface area contributed by atoms with Gasteiger partial charge < -0.3 is 4.90 Å². The van der Waals surface area contributed by atoms with Gasteiger partial charge in [-0.25, -0.2) is 4.98 Å². The lowest BCUT2D eigenvalue weighted by Crippen LogP contribution is -2.29. The fourth-order valence-electron chi connectivity index (χ4n) is 1.72. The first-order valence-corrected chi connectivity index (χ1v) is 7.99. The Morgan fingerprint density at radius 3 is 2.89 bits per heavy atom. The van der Waals surface area contributed by atoms with E-state index < -0.39 is 0 Å². The molecule has 0 N–H and O–H groups in total. The average Bonchev–Trinajstić information content (AvgIpc) is 3.07. The Morgan fingerprint density at radius 1 is 1.47 bits per heavy atom. The van der Waals surface area contributed by atoms with Gasteiger partial charge >= 0.3 is 0 Å². The molecule has 4 nitrogen and oxygen atoms in total. The summed E-state index contributed by atoms with van der Waals surface area (Å²) in [6.45, 7) is 4.12. The molecule has 0 fully saturated rings. The highest BCUT2D eigenvalue weighted by atomic mass is 32.1. The molecule has 1 atom stereocenters. The smallest absolute Gasteiger partial charge is 0.273 e. The Labute approximate surface area is 121 Å². The van der Waals surface area contributed by atoms with Crippen molar-refractivity contribution >= 4 is 28.6 Å². The molecule has 0 radical (unpaired) electrons. The molecular formula is C13H17N3OS2. The van der Waals surface area contributed by atoms with Gasteiger partial charge in [-0.1, -0.05) is 6.92 Å². The van der Waals surface area contributed by atoms with Crippen LogP contribution in [0.25, 0.3) is 0 Å². The van der Waals surface area contributed by atoms with Crippen molar-refractivity contribution < 1.29 is 4.79 Å². The molecule has 0 aliphatic rings. The Hall–Kier alpha value is -1.27. The van der Waals surface area contributed by atoms with Gasteiger partial charge in [0.25, 0.3) is 5.91 Å². The molecule has 2 heterocycles. The van der Waals surface area contributed by atoms with E-state index in [1.807, 2.05) is 25.5 Å². The van der Waals surface area contributed by atoms with E-state index in [1.54, 1.807) is 33.1 Å². The quantitative estimate of drug-likeness (QED) is 0.849. The molecule has 19 heavy (non-hydrogen) atoms. The molecule has 6 heteroatoms. The minimum Gasteiger partial charge on any atom is -0.333 e. The first kappa shape index (κ1) is 14.1. The molecule has 0 aromatic carbocycles. The second kappa shape index (κ2) is 6.25. The molecule has 0 aliphatic carbocycles. The summed E-state index contributed by atoms with van der Waals surface area (Å²) in [7, 11) is 1.81. The van der Waals surface area contributed by atoms with Gasteiger partial charge in [0.15, 0.2) is 0 Å². The third-order valence-electron chi connectivity index (χ3n) is 3.00. The van der Waals surface area contributed by atoms with E-state index in [1.165, 1.54) is 0 Å². The Bertz CT molecular complexity index is 536. The number of aromatic nitrogens is 2. The minimum atomic E-state index is -0.0282. The Kier molecular flexibility index (Phi) is 4.66. The van der Waals surface area contributed by atoms with Crippen molar-refractivity contribution in [1.82, 2.24) is 14.9 Å². The summed E-state index contributed by atoms with van der Waals surface area (Å²) in [6, 6.07) is 0.0244. The fourth-order valence-corrected chi connectivity index (χ4v) is 3.31. The molecule has 2 aromatic rings. The molecule has 2 aromatic heterocycles. The van der Waals surface area contributed by atoms with Crippen molar-refractivity contribution in [2.24, 2.45) is 0 Å². The van der Waals surface area contributed by atoms with E-state index in [4.69, 9.17) is 0 Å². The van der Waals surface area contributed by atoms with Gasteiger partial charge in [-0.05, 0) is 19.8 Å². The minimum absolute atomic E-state index is 0.0244. The highest BCUT2D eigenvalue weighted by Gasteiger charge is 2.21. The van der Waals surface area contributed by atoms with E-state index in [2.05, 4.69) is 16.9 Å². The summed E-state index contributed by atoms with van der Waals surface area (Å²) in [4.78, 5) is 23.6. The van der Waals surface area contributed by atoms with Crippen LogP contribution in [0.5, 0.6) is 0 Å². The van der Waals surface area contributed by atoms with Crippen LogP contribution in [0.15, 0.2) is 17.1 Å². The maximum atomic E-state index is 12.4. The summed E-state index contributed by atoms with van der Waals surface area (Å²) in [5.41, 5.74) is 2.33. The second-order valence-electron chi connectivity index (χ2n) is 4.37. The first-order chi connectivity index (χ1) is 9.13. The van der Waals surface area contributed by atoms with Crippen LogP contribution in [0, 0.1) is 0 Å². The van der Waals surface area contributed by atoms with E-state index in [0.29, 0.717) is 5.69 Å². The SMILES string of the molecule is CCCc1nc(C(=O)N(C)[C@H](C)c2cncs2)cs1. The van der Waals surface area contributed by atoms with Crippen LogP contribution in [0.2, 0.25) is 0 Å². The topological polar surface area (TPSA) is 46.1 Å². The first-order valence-electron chi connectivity index (χ1n) is 6.23. The van der Waals surface area contributed by atoms with Crippen LogP contribution >= 0.6 is 22.7 Å². The molecule has 0 spiro atoms. The zero-order valence-electron chi connectivity index (χ0n) is 11.3. The maximum absolute atomic E-state index is 12.4. The molecule has 0 saturated carbocycles. The lowest BCUT2D eigenvalue weighted by Gasteiger charge is -2.22. The van der Waals surface area contributed by atoms with Crippen molar-refractivity contribution in [3.8, 4) is 0 Å². The zero-order valence-corrected chi connectivity index (χ0v) is 12.9. The number of carbonyl (C=O) groups is 1. The molecule has 0 bridgehead atoms. The molecule has 2 rings (SSSR count). The van der Waals surface area contributed by atoms with Crippen molar-refractivity contribution in [2.45, 2.75) is 32.7 Å². The molecule has 0 unspecified atom stereocenters. The lowest BCUT2D eigenvalue weighted by molar-refractivity contribution is 0.0739. The molecule has 0 saturated heterocycles. The second-order valence-corrected chi connectivity index (χ2v) is 6.23. The average molecular weight is 295 g/mol. The largest absolute Gasteiger partial charge is 0.333 e. The normalized spacial score (nSPS) is 12.4. The van der Waals surface area contributed by atoms with E-state index in [-0.39, 0.29) is 11.9 Å². The van der Waals surface area contributed by atoms with Crippen LogP contribution < -0.4 is 0 Å². The van der Waals surface area contributed by atoms with Crippen LogP contribution in [0.4, 0.5) is 0 Å². The van der Waals surface area contributed by atoms with Crippen LogP contribution in [-0.4, -0.2) is 27.8 Å². The maximum Gasteiger partial charge on any atom is 0.273 e. The van der Waals surface area contributed by atoms with Crippen molar-refractivity contribution in [3.05, 3.63) is 32.7 Å². The Morgan fingerprint density at radius 2 is 2.26 bits per heavy atom. The number of hydrogen-bond donors (Lipinski definition) is 0. The molecule has 0 aliphatic heterocycles. The van der Waals surface area contributed by atoms with Gasteiger partial charge in [-0.3, -0.25) is 9.78 Å². The lowest BCUT2D eigenvalue weighted by atomic mass is 10.2. The fraction of sp³-hybridized carbons (Fsp3) is 0.462. The number of aryl methyl sites for hydroxylation is 1. The number of rotatable bonds is 5. The number of hydrogen-bond acceptors (Lipinski definition) is 5. The van der Waals surface area contributed by atoms with Gasteiger partial charge in [0.2, 0.25) is 0 Å². The van der Waals surface area contributed by atoms with Crippen molar-refractivity contribution in [2.75, 3.05) is 7.05 Å². The summed E-state index contributed by atoms with van der Waals surface area (Å²) in [5, 5.41) is 2.88. The molecule has 1 amide bonds. The number of amides is 1. The van der Waals surface area contributed by atoms with Crippen molar-refractivity contribution in [1.29, 1.82) is 0 Å². The predicted molar refractivity (Wildman–Crippen MR) is 78.7 cm³/mol. The van der Waals surface area contributed by atoms with Gasteiger partial charge in [0.05, 0.1) is 16.6 Å². The highest BCUT2D eigenvalue weighted by Crippen LogP contribution is 2.24. The zero-order chi connectivity index (χ0) is 13.8. The van der Waals surface area contributed by atoms with Crippen LogP contribution in [0.1, 0.15) is 46.7 Å². The van der Waals surface area contributed by atoms with Crippen LogP contribution in [-0.2, 0) is 6.42 Å². The Balaban J connectivity index is 2.09. The van der Waals surface area contributed by atoms with E-state index >= 15 is 0 Å². The summed E-state index contributed by atoms with van der Waals surface area (Å²) in [6.07, 6.45) is 3.79. The monoisotopic (exact) mass is 295 g/mol. The van der Waals surface area contributed by atoms with Gasteiger partial charge in [0, 0.05) is 23.5 Å². The van der Waals surface area contributed by atoms with Crippen LogP contribution in [0.3, 0.4) is 0 Å². The van der Waals surface area contributed by atoms with Crippen molar-refractivity contribution in [3.63, 3.8) is 0 Å². The van der Waals surface area contributed by atoms with E-state index in [0.717, 1.165) is 22.7 Å². The highest BCUT2D eigenvalue weighted by molar-refractivity contribution is 7.10. The van der Waals surface area contributed by atoms with E-state index in [9.17, 15) is 4.79 Å². The summed E-state index contributed by atoms with van der Waals surface area (Å²) >= 11 is 3.12. The third kappa shape index (κ3) is 3.19. The number of nitrogens with zero attached hydrogens (tertiary/aromatic N) is 3. The number of carbonyl (C=O) groups excluding carboxylic acids is 1. The number of thiazole rings is 2. The van der Waals surface area contributed by atoms with Gasteiger partial charge in [-0.15, -0.1) is 22.7 Å². The van der Waals surface area contributed by atoms with Gasteiger partial charge in [0.1, 0.15) is 5.69 Å². The summed E-state index contributed by atoms with van der Waals surface area (Å²) < 4.78 is 0. The molecule has 102 valence electrons. The van der Waals surface area contributed by atoms with Gasteiger partial charge in [-0.2, -0.15) is 0 Å². The third-order valence-corrected chi connectivity index (χ3v) is 4.85. The summed E-state index contributed by atoms with van der Waals surface area (Å²) in [5.74, 6) is -0.0282. The predicted octanol–water partition coefficient (Wildman–Crippen LogP) is 3.39.